The zero-order chi connectivity index (χ0) is 17.0. The van der Waals surface area contributed by atoms with Gasteiger partial charge in [0.1, 0.15) is 5.75 Å². The van der Waals surface area contributed by atoms with Crippen LogP contribution in [0.15, 0.2) is 54.6 Å². The van der Waals surface area contributed by atoms with Gasteiger partial charge < -0.3 is 10.1 Å². The van der Waals surface area contributed by atoms with E-state index in [0.29, 0.717) is 12.6 Å². The molecule has 0 saturated carbocycles. The van der Waals surface area contributed by atoms with Gasteiger partial charge in [0, 0.05) is 12.5 Å². The van der Waals surface area contributed by atoms with Crippen LogP contribution in [0.2, 0.25) is 0 Å². The first-order valence-corrected chi connectivity index (χ1v) is 9.29. The Hall–Kier alpha value is -1.80. The minimum absolute atomic E-state index is 0.394. The Bertz CT molecular complexity index is 550. The van der Waals surface area contributed by atoms with E-state index < -0.39 is 0 Å². The van der Waals surface area contributed by atoms with E-state index in [4.69, 9.17) is 4.74 Å². The van der Waals surface area contributed by atoms with Gasteiger partial charge in [0.15, 0.2) is 0 Å². The van der Waals surface area contributed by atoms with E-state index >= 15 is 0 Å². The minimum Gasteiger partial charge on any atom is -0.493 e. The zero-order valence-corrected chi connectivity index (χ0v) is 15.1. The predicted octanol–water partition coefficient (Wildman–Crippen LogP) is 5.54. The summed E-state index contributed by atoms with van der Waals surface area (Å²) in [6.07, 6.45) is 6.16. The molecule has 0 heterocycles. The van der Waals surface area contributed by atoms with Gasteiger partial charge in [-0.2, -0.15) is 0 Å². The molecule has 1 N–H and O–H groups in total. The Morgan fingerprint density at radius 2 is 1.67 bits per heavy atom. The molecule has 1 unspecified atom stereocenters. The predicted molar refractivity (Wildman–Crippen MR) is 103 cm³/mol. The van der Waals surface area contributed by atoms with E-state index in [9.17, 15) is 0 Å². The van der Waals surface area contributed by atoms with Crippen LogP contribution in [0, 0.1) is 0 Å². The summed E-state index contributed by atoms with van der Waals surface area (Å²) in [4.78, 5) is 0. The van der Waals surface area contributed by atoms with Crippen molar-refractivity contribution in [1.82, 2.24) is 5.32 Å². The highest BCUT2D eigenvalue weighted by Crippen LogP contribution is 2.18. The second-order valence-corrected chi connectivity index (χ2v) is 6.39. The lowest BCUT2D eigenvalue weighted by Crippen LogP contribution is -2.19. The highest BCUT2D eigenvalue weighted by atomic mass is 16.5. The van der Waals surface area contributed by atoms with Crippen molar-refractivity contribution in [3.05, 3.63) is 65.7 Å². The SMILES string of the molecule is CCCCCCNC(C)c1ccc(OCCc2ccccc2)cc1. The Morgan fingerprint density at radius 3 is 2.38 bits per heavy atom. The lowest BCUT2D eigenvalue weighted by molar-refractivity contribution is 0.322. The number of rotatable bonds is 11. The highest BCUT2D eigenvalue weighted by Gasteiger charge is 2.04. The van der Waals surface area contributed by atoms with Crippen molar-refractivity contribution in [3.8, 4) is 5.75 Å². The number of hydrogen-bond acceptors (Lipinski definition) is 2. The second-order valence-electron chi connectivity index (χ2n) is 6.39. The average molecular weight is 325 g/mol. The van der Waals surface area contributed by atoms with Gasteiger partial charge in [-0.15, -0.1) is 0 Å². The van der Waals surface area contributed by atoms with Gasteiger partial charge >= 0.3 is 0 Å². The third-order valence-electron chi connectivity index (χ3n) is 4.36. The van der Waals surface area contributed by atoms with Crippen LogP contribution in [0.4, 0.5) is 0 Å². The quantitative estimate of drug-likeness (QED) is 0.548. The largest absolute Gasteiger partial charge is 0.493 e. The van der Waals surface area contributed by atoms with Crippen LogP contribution < -0.4 is 10.1 Å². The van der Waals surface area contributed by atoms with E-state index in [1.807, 2.05) is 6.07 Å². The summed E-state index contributed by atoms with van der Waals surface area (Å²) in [5, 5.41) is 3.60. The molecular weight excluding hydrogens is 294 g/mol. The van der Waals surface area contributed by atoms with Gasteiger partial charge in [-0.05, 0) is 43.1 Å². The molecule has 2 nitrogen and oxygen atoms in total. The summed E-state index contributed by atoms with van der Waals surface area (Å²) in [5.41, 5.74) is 2.64. The number of unbranched alkanes of at least 4 members (excludes halogenated alkanes) is 3. The van der Waals surface area contributed by atoms with Gasteiger partial charge in [0.2, 0.25) is 0 Å². The fourth-order valence-electron chi connectivity index (χ4n) is 2.77. The molecular formula is C22H31NO. The lowest BCUT2D eigenvalue weighted by Gasteiger charge is -2.15. The average Bonchev–Trinajstić information content (AvgIpc) is 2.63. The third kappa shape index (κ3) is 6.76. The molecule has 2 aromatic rings. The Labute approximate surface area is 147 Å². The van der Waals surface area contributed by atoms with Gasteiger partial charge in [-0.3, -0.25) is 0 Å². The van der Waals surface area contributed by atoms with Crippen LogP contribution in [0.25, 0.3) is 0 Å². The molecule has 24 heavy (non-hydrogen) atoms. The van der Waals surface area contributed by atoms with E-state index in [2.05, 4.69) is 67.7 Å². The van der Waals surface area contributed by atoms with E-state index in [0.717, 1.165) is 18.7 Å². The van der Waals surface area contributed by atoms with Gasteiger partial charge in [-0.1, -0.05) is 68.7 Å². The first-order valence-electron chi connectivity index (χ1n) is 9.29. The molecule has 130 valence electrons. The summed E-state index contributed by atoms with van der Waals surface area (Å²) < 4.78 is 5.85. The molecule has 1 atom stereocenters. The van der Waals surface area contributed by atoms with Crippen molar-refractivity contribution in [2.75, 3.05) is 13.2 Å². The molecule has 0 aliphatic heterocycles. The second kappa shape index (κ2) is 10.9. The Kier molecular flexibility index (Phi) is 8.40. The van der Waals surface area contributed by atoms with E-state index in [1.54, 1.807) is 0 Å². The molecule has 2 heteroatoms. The van der Waals surface area contributed by atoms with Crippen molar-refractivity contribution in [3.63, 3.8) is 0 Å². The van der Waals surface area contributed by atoms with Crippen LogP contribution in [-0.4, -0.2) is 13.2 Å². The van der Waals surface area contributed by atoms with E-state index in [1.165, 1.54) is 36.8 Å². The molecule has 0 saturated heterocycles. The summed E-state index contributed by atoms with van der Waals surface area (Å²) in [5.74, 6) is 0.949. The molecule has 0 fully saturated rings. The molecule has 0 aliphatic rings. The van der Waals surface area contributed by atoms with Crippen molar-refractivity contribution < 1.29 is 4.74 Å². The summed E-state index contributed by atoms with van der Waals surface area (Å²) in [6.45, 7) is 6.29. The molecule has 0 aliphatic carbocycles. The summed E-state index contributed by atoms with van der Waals surface area (Å²) in [6, 6.07) is 19.4. The monoisotopic (exact) mass is 325 g/mol. The normalized spacial score (nSPS) is 12.1. The molecule has 0 radical (unpaired) electrons. The van der Waals surface area contributed by atoms with Crippen LogP contribution in [-0.2, 0) is 6.42 Å². The molecule has 2 rings (SSSR count). The topological polar surface area (TPSA) is 21.3 Å². The number of ether oxygens (including phenoxy) is 1. The summed E-state index contributed by atoms with van der Waals surface area (Å²) in [7, 11) is 0. The van der Waals surface area contributed by atoms with Crippen molar-refractivity contribution in [2.45, 2.75) is 52.0 Å². The number of nitrogens with one attached hydrogen (secondary N) is 1. The molecule has 0 bridgehead atoms. The maximum atomic E-state index is 5.85. The van der Waals surface area contributed by atoms with Crippen LogP contribution in [0.1, 0.15) is 56.7 Å². The van der Waals surface area contributed by atoms with Crippen molar-refractivity contribution in [2.24, 2.45) is 0 Å². The Morgan fingerprint density at radius 1 is 0.917 bits per heavy atom. The van der Waals surface area contributed by atoms with Crippen LogP contribution >= 0.6 is 0 Å². The maximum Gasteiger partial charge on any atom is 0.119 e. The fraction of sp³-hybridized carbons (Fsp3) is 0.455. The smallest absolute Gasteiger partial charge is 0.119 e. The van der Waals surface area contributed by atoms with Gasteiger partial charge in [-0.25, -0.2) is 0 Å². The van der Waals surface area contributed by atoms with Gasteiger partial charge in [0.05, 0.1) is 6.61 Å². The van der Waals surface area contributed by atoms with Crippen LogP contribution in [0.5, 0.6) is 5.75 Å². The lowest BCUT2D eigenvalue weighted by atomic mass is 10.1. The Balaban J connectivity index is 1.69. The molecule has 0 aromatic heterocycles. The van der Waals surface area contributed by atoms with Crippen LogP contribution in [0.3, 0.4) is 0 Å². The zero-order valence-electron chi connectivity index (χ0n) is 15.1. The minimum atomic E-state index is 0.394. The number of hydrogen-bond donors (Lipinski definition) is 1. The van der Waals surface area contributed by atoms with Crippen molar-refractivity contribution >= 4 is 0 Å². The van der Waals surface area contributed by atoms with Crippen molar-refractivity contribution in [1.29, 1.82) is 0 Å². The van der Waals surface area contributed by atoms with Gasteiger partial charge in [0.25, 0.3) is 0 Å². The third-order valence-corrected chi connectivity index (χ3v) is 4.36. The molecule has 2 aromatic carbocycles. The first-order chi connectivity index (χ1) is 11.8. The molecule has 0 amide bonds. The standard InChI is InChI=1S/C22H31NO/c1-3-4-5-9-17-23-19(2)21-12-14-22(15-13-21)24-18-16-20-10-7-6-8-11-20/h6-8,10-15,19,23H,3-5,9,16-18H2,1-2H3. The van der Waals surface area contributed by atoms with E-state index in [-0.39, 0.29) is 0 Å². The first kappa shape index (κ1) is 18.5. The highest BCUT2D eigenvalue weighted by molar-refractivity contribution is 5.29. The summed E-state index contributed by atoms with van der Waals surface area (Å²) >= 11 is 0. The maximum absolute atomic E-state index is 5.85. The number of benzene rings is 2. The fourth-order valence-corrected chi connectivity index (χ4v) is 2.77. The molecule has 0 spiro atoms.